The minimum absolute atomic E-state index is 0.287. The Hall–Kier alpha value is -2.80. The van der Waals surface area contributed by atoms with Gasteiger partial charge >= 0.3 is 0 Å². The average Bonchev–Trinajstić information content (AvgIpc) is 3.05. The molecule has 1 atom stereocenters. The number of hydrogen-bond acceptors (Lipinski definition) is 6. The fourth-order valence-corrected chi connectivity index (χ4v) is 2.45. The van der Waals surface area contributed by atoms with Gasteiger partial charge in [-0.25, -0.2) is 0 Å². The molecule has 0 unspecified atom stereocenters. The molecule has 7 heteroatoms. The van der Waals surface area contributed by atoms with Gasteiger partial charge in [-0.3, -0.25) is 15.1 Å². The number of carbonyl (C=O) groups is 1. The third kappa shape index (κ3) is 3.89. The maximum Gasteiger partial charge on any atom is 0.266 e. The average molecular weight is 326 g/mol. The van der Waals surface area contributed by atoms with Gasteiger partial charge in [-0.2, -0.15) is 9.36 Å². The Morgan fingerprint density at radius 3 is 2.78 bits per heavy atom. The van der Waals surface area contributed by atoms with E-state index in [4.69, 9.17) is 4.74 Å². The first-order valence-electron chi connectivity index (χ1n) is 6.99. The molecule has 23 heavy (non-hydrogen) atoms. The highest BCUT2D eigenvalue weighted by atomic mass is 32.1. The highest BCUT2D eigenvalue weighted by molar-refractivity contribution is 7.10. The topological polar surface area (TPSA) is 77.0 Å². The largest absolute Gasteiger partial charge is 0.479 e. The second-order valence-electron chi connectivity index (χ2n) is 4.73. The third-order valence-electron chi connectivity index (χ3n) is 3.00. The number of nitrogens with one attached hydrogen (secondary N) is 1. The molecule has 3 rings (SSSR count). The number of carbonyl (C=O) groups excluding carboxylic acids is 1. The number of amides is 1. The van der Waals surface area contributed by atoms with E-state index >= 15 is 0 Å². The van der Waals surface area contributed by atoms with Crippen molar-refractivity contribution in [3.63, 3.8) is 0 Å². The Morgan fingerprint density at radius 1 is 1.22 bits per heavy atom. The summed E-state index contributed by atoms with van der Waals surface area (Å²) < 4.78 is 9.77. The van der Waals surface area contributed by atoms with Crippen LogP contribution in [-0.4, -0.2) is 26.4 Å². The lowest BCUT2D eigenvalue weighted by molar-refractivity contribution is -0.122. The normalized spacial score (nSPS) is 11.7. The van der Waals surface area contributed by atoms with Gasteiger partial charge in [0.1, 0.15) is 5.75 Å². The zero-order valence-electron chi connectivity index (χ0n) is 12.3. The number of nitrogens with zero attached hydrogens (tertiary/aromatic N) is 3. The Kier molecular flexibility index (Phi) is 4.58. The van der Waals surface area contributed by atoms with Crippen LogP contribution in [0, 0.1) is 0 Å². The van der Waals surface area contributed by atoms with Crippen LogP contribution in [0.3, 0.4) is 0 Å². The number of pyridine rings is 1. The van der Waals surface area contributed by atoms with Gasteiger partial charge in [-0.1, -0.05) is 30.3 Å². The molecule has 0 fully saturated rings. The SMILES string of the molecule is C[C@@H](Oc1cccnc1)C(=O)Nc1nc(-c2ccccc2)ns1. The first-order chi connectivity index (χ1) is 11.2. The van der Waals surface area contributed by atoms with Crippen molar-refractivity contribution in [1.29, 1.82) is 0 Å². The predicted molar refractivity (Wildman–Crippen MR) is 88.3 cm³/mol. The van der Waals surface area contributed by atoms with Crippen LogP contribution in [0.5, 0.6) is 5.75 Å². The summed E-state index contributed by atoms with van der Waals surface area (Å²) in [6.45, 7) is 1.67. The number of aromatic nitrogens is 3. The van der Waals surface area contributed by atoms with Crippen molar-refractivity contribution in [2.75, 3.05) is 5.32 Å². The molecule has 116 valence electrons. The van der Waals surface area contributed by atoms with Crippen molar-refractivity contribution >= 4 is 22.6 Å². The molecule has 0 bridgehead atoms. The molecule has 2 aromatic heterocycles. The standard InChI is InChI=1S/C16H14N4O2S/c1-11(22-13-8-5-9-17-10-13)15(21)19-16-18-14(20-23-16)12-6-3-2-4-7-12/h2-11H,1H3,(H,18,19,20,21)/t11-/m1/s1. The van der Waals surface area contributed by atoms with Crippen LogP contribution in [0.15, 0.2) is 54.9 Å². The Bertz CT molecular complexity index is 777. The summed E-state index contributed by atoms with van der Waals surface area (Å²) in [4.78, 5) is 20.4. The van der Waals surface area contributed by atoms with Crippen LogP contribution in [-0.2, 0) is 4.79 Å². The van der Waals surface area contributed by atoms with Gasteiger partial charge in [0.05, 0.1) is 6.20 Å². The molecule has 2 heterocycles. The van der Waals surface area contributed by atoms with E-state index in [2.05, 4.69) is 19.7 Å². The summed E-state index contributed by atoms with van der Waals surface area (Å²) in [6.07, 6.45) is 2.54. The summed E-state index contributed by atoms with van der Waals surface area (Å²) >= 11 is 1.14. The van der Waals surface area contributed by atoms with E-state index in [0.29, 0.717) is 16.7 Å². The van der Waals surface area contributed by atoms with Gasteiger partial charge in [0.25, 0.3) is 5.91 Å². The van der Waals surface area contributed by atoms with Crippen molar-refractivity contribution in [3.8, 4) is 17.1 Å². The molecule has 0 aliphatic heterocycles. The molecule has 0 spiro atoms. The lowest BCUT2D eigenvalue weighted by Gasteiger charge is -2.12. The lowest BCUT2D eigenvalue weighted by atomic mass is 10.2. The van der Waals surface area contributed by atoms with Gasteiger partial charge < -0.3 is 4.74 Å². The summed E-state index contributed by atoms with van der Waals surface area (Å²) in [5, 5.41) is 3.15. The lowest BCUT2D eigenvalue weighted by Crippen LogP contribution is -2.30. The Morgan fingerprint density at radius 2 is 2.04 bits per heavy atom. The van der Waals surface area contributed by atoms with Crippen LogP contribution in [0.4, 0.5) is 5.13 Å². The van der Waals surface area contributed by atoms with Crippen molar-refractivity contribution in [3.05, 3.63) is 54.9 Å². The number of anilines is 1. The van der Waals surface area contributed by atoms with E-state index in [1.54, 1.807) is 31.5 Å². The van der Waals surface area contributed by atoms with E-state index in [9.17, 15) is 4.79 Å². The van der Waals surface area contributed by atoms with E-state index in [0.717, 1.165) is 17.1 Å². The van der Waals surface area contributed by atoms with Crippen LogP contribution in [0.2, 0.25) is 0 Å². The van der Waals surface area contributed by atoms with Gasteiger partial charge in [0.2, 0.25) is 5.13 Å². The van der Waals surface area contributed by atoms with Crippen molar-refractivity contribution < 1.29 is 9.53 Å². The third-order valence-corrected chi connectivity index (χ3v) is 3.64. The van der Waals surface area contributed by atoms with Gasteiger partial charge in [0.15, 0.2) is 11.9 Å². The predicted octanol–water partition coefficient (Wildman–Crippen LogP) is 3.01. The van der Waals surface area contributed by atoms with Crippen LogP contribution >= 0.6 is 11.5 Å². The van der Waals surface area contributed by atoms with E-state index < -0.39 is 6.10 Å². The fraction of sp³-hybridized carbons (Fsp3) is 0.125. The number of benzene rings is 1. The summed E-state index contributed by atoms with van der Waals surface area (Å²) in [5.74, 6) is 0.841. The number of ether oxygens (including phenoxy) is 1. The molecule has 1 aromatic carbocycles. The highest BCUT2D eigenvalue weighted by Gasteiger charge is 2.17. The molecule has 3 aromatic rings. The van der Waals surface area contributed by atoms with E-state index in [-0.39, 0.29) is 5.91 Å². The second kappa shape index (κ2) is 6.97. The Labute approximate surface area is 137 Å². The van der Waals surface area contributed by atoms with Crippen LogP contribution in [0.1, 0.15) is 6.92 Å². The maximum atomic E-state index is 12.1. The molecule has 6 nitrogen and oxygen atoms in total. The van der Waals surface area contributed by atoms with E-state index in [1.165, 1.54) is 0 Å². The number of hydrogen-bond donors (Lipinski definition) is 1. The molecule has 0 saturated heterocycles. The zero-order valence-corrected chi connectivity index (χ0v) is 13.2. The smallest absolute Gasteiger partial charge is 0.266 e. The van der Waals surface area contributed by atoms with Crippen molar-refractivity contribution in [2.45, 2.75) is 13.0 Å². The van der Waals surface area contributed by atoms with Gasteiger partial charge in [-0.15, -0.1) is 0 Å². The minimum atomic E-state index is -0.664. The summed E-state index contributed by atoms with van der Waals surface area (Å²) in [7, 11) is 0. The molecule has 0 saturated carbocycles. The zero-order chi connectivity index (χ0) is 16.1. The van der Waals surface area contributed by atoms with Crippen LogP contribution < -0.4 is 10.1 Å². The molecule has 1 amide bonds. The van der Waals surface area contributed by atoms with Crippen molar-refractivity contribution in [1.82, 2.24) is 14.3 Å². The molecule has 0 aliphatic carbocycles. The van der Waals surface area contributed by atoms with Gasteiger partial charge in [-0.05, 0) is 19.1 Å². The summed E-state index contributed by atoms with van der Waals surface area (Å²) in [5.41, 5.74) is 0.906. The highest BCUT2D eigenvalue weighted by Crippen LogP contribution is 2.21. The Balaban J connectivity index is 1.63. The first-order valence-corrected chi connectivity index (χ1v) is 7.76. The number of rotatable bonds is 5. The van der Waals surface area contributed by atoms with Crippen LogP contribution in [0.25, 0.3) is 11.4 Å². The maximum absolute atomic E-state index is 12.1. The molecule has 1 N–H and O–H groups in total. The molecular weight excluding hydrogens is 312 g/mol. The minimum Gasteiger partial charge on any atom is -0.479 e. The second-order valence-corrected chi connectivity index (χ2v) is 5.48. The first kappa shape index (κ1) is 15.1. The molecule has 0 aliphatic rings. The summed E-state index contributed by atoms with van der Waals surface area (Å²) in [6, 6.07) is 13.1. The van der Waals surface area contributed by atoms with E-state index in [1.807, 2.05) is 30.3 Å². The monoisotopic (exact) mass is 326 g/mol. The van der Waals surface area contributed by atoms with Crippen molar-refractivity contribution in [2.24, 2.45) is 0 Å². The van der Waals surface area contributed by atoms with Gasteiger partial charge in [0, 0.05) is 23.3 Å². The fourth-order valence-electron chi connectivity index (χ4n) is 1.86. The molecular formula is C16H14N4O2S. The molecule has 0 radical (unpaired) electrons. The quantitative estimate of drug-likeness (QED) is 0.780.